The molecular weight excluding hydrogens is 378 g/mol. The quantitative estimate of drug-likeness (QED) is 0.657. The summed E-state index contributed by atoms with van der Waals surface area (Å²) in [6.45, 7) is 8.23. The monoisotopic (exact) mass is 409 g/mol. The first-order chi connectivity index (χ1) is 14.0. The van der Waals surface area contributed by atoms with E-state index < -0.39 is 0 Å². The number of aryl methyl sites for hydroxylation is 1. The van der Waals surface area contributed by atoms with Crippen molar-refractivity contribution in [3.05, 3.63) is 65.2 Å². The molecule has 1 heterocycles. The highest BCUT2D eigenvalue weighted by molar-refractivity contribution is 7.80. The Morgan fingerprint density at radius 2 is 1.66 bits per heavy atom. The van der Waals surface area contributed by atoms with E-state index in [1.807, 2.05) is 29.2 Å². The highest BCUT2D eigenvalue weighted by Crippen LogP contribution is 2.25. The molecule has 0 bridgehead atoms. The Morgan fingerprint density at radius 1 is 1.00 bits per heavy atom. The van der Waals surface area contributed by atoms with Crippen LogP contribution in [0, 0.1) is 12.8 Å². The summed E-state index contributed by atoms with van der Waals surface area (Å²) in [5.74, 6) is 0.511. The molecule has 0 spiro atoms. The van der Waals surface area contributed by atoms with E-state index in [-0.39, 0.29) is 11.9 Å². The maximum absolute atomic E-state index is 12.6. The molecule has 154 valence electrons. The molecule has 1 aliphatic rings. The topological polar surface area (TPSA) is 44.4 Å². The smallest absolute Gasteiger partial charge is 0.253 e. The Kier molecular flexibility index (Phi) is 7.26. The lowest BCUT2D eigenvalue weighted by molar-refractivity contribution is 0.0724. The van der Waals surface area contributed by atoms with Crippen LogP contribution in [0.25, 0.3) is 0 Å². The van der Waals surface area contributed by atoms with Gasteiger partial charge in [0.05, 0.1) is 6.04 Å². The Bertz CT molecular complexity index is 841. The van der Waals surface area contributed by atoms with Crippen LogP contribution in [0.5, 0.6) is 0 Å². The third-order valence-electron chi connectivity index (χ3n) is 5.51. The van der Waals surface area contributed by atoms with Crippen LogP contribution in [0.1, 0.15) is 60.6 Å². The van der Waals surface area contributed by atoms with Gasteiger partial charge in [-0.25, -0.2) is 0 Å². The van der Waals surface area contributed by atoms with Gasteiger partial charge in [0.15, 0.2) is 5.11 Å². The summed E-state index contributed by atoms with van der Waals surface area (Å²) >= 11 is 5.56. The van der Waals surface area contributed by atoms with Crippen LogP contribution in [-0.4, -0.2) is 29.0 Å². The van der Waals surface area contributed by atoms with Gasteiger partial charge in [0.2, 0.25) is 0 Å². The molecule has 0 unspecified atom stereocenters. The number of hydrogen-bond donors (Lipinski definition) is 2. The molecule has 1 aliphatic heterocycles. The molecular formula is C24H31N3OS. The zero-order valence-electron chi connectivity index (χ0n) is 17.6. The number of piperidine rings is 1. The van der Waals surface area contributed by atoms with Crippen LogP contribution in [0.3, 0.4) is 0 Å². The maximum atomic E-state index is 12.6. The molecule has 0 saturated carbocycles. The lowest BCUT2D eigenvalue weighted by Crippen LogP contribution is -2.36. The highest BCUT2D eigenvalue weighted by Gasteiger charge is 2.19. The number of hydrogen-bond acceptors (Lipinski definition) is 2. The fourth-order valence-corrected chi connectivity index (χ4v) is 4.07. The minimum absolute atomic E-state index is 0.122. The summed E-state index contributed by atoms with van der Waals surface area (Å²) in [7, 11) is 0. The molecule has 1 amide bonds. The van der Waals surface area contributed by atoms with Gasteiger partial charge in [-0.1, -0.05) is 38.1 Å². The number of thiocarbonyl (C=S) groups is 1. The molecule has 1 fully saturated rings. The van der Waals surface area contributed by atoms with Crippen molar-refractivity contribution in [2.24, 2.45) is 5.92 Å². The number of amides is 1. The van der Waals surface area contributed by atoms with Crippen molar-refractivity contribution in [1.82, 2.24) is 10.2 Å². The van der Waals surface area contributed by atoms with Crippen molar-refractivity contribution in [2.45, 2.75) is 46.1 Å². The molecule has 3 rings (SSSR count). The van der Waals surface area contributed by atoms with Crippen molar-refractivity contribution in [1.29, 1.82) is 0 Å². The van der Waals surface area contributed by atoms with Crippen LogP contribution in [0.2, 0.25) is 0 Å². The molecule has 2 aromatic rings. The van der Waals surface area contributed by atoms with E-state index in [4.69, 9.17) is 12.2 Å². The number of nitrogens with zero attached hydrogens (tertiary/aromatic N) is 1. The average molecular weight is 410 g/mol. The molecule has 0 radical (unpaired) electrons. The second-order valence-corrected chi connectivity index (χ2v) is 8.52. The first-order valence-electron chi connectivity index (χ1n) is 10.5. The SMILES string of the molecule is Cc1ccccc1[C@H](NC(=S)Nc1ccc(C(=O)N2CCCCC2)cc1)C(C)C. The summed E-state index contributed by atoms with van der Waals surface area (Å²) in [5.41, 5.74) is 4.12. The summed E-state index contributed by atoms with van der Waals surface area (Å²) in [5, 5.41) is 7.30. The predicted molar refractivity (Wildman–Crippen MR) is 124 cm³/mol. The number of nitrogens with one attached hydrogen (secondary N) is 2. The van der Waals surface area contributed by atoms with Gasteiger partial charge in [-0.15, -0.1) is 0 Å². The molecule has 1 saturated heterocycles. The molecule has 0 aliphatic carbocycles. The molecule has 2 aromatic carbocycles. The van der Waals surface area contributed by atoms with Gasteiger partial charge in [0.25, 0.3) is 5.91 Å². The van der Waals surface area contributed by atoms with Crippen molar-refractivity contribution in [3.63, 3.8) is 0 Å². The Balaban J connectivity index is 1.62. The Hall–Kier alpha value is -2.40. The van der Waals surface area contributed by atoms with Crippen LogP contribution in [0.4, 0.5) is 5.69 Å². The lowest BCUT2D eigenvalue weighted by atomic mass is 9.93. The predicted octanol–water partition coefficient (Wildman–Crippen LogP) is 5.30. The van der Waals surface area contributed by atoms with Crippen LogP contribution in [0.15, 0.2) is 48.5 Å². The summed E-state index contributed by atoms with van der Waals surface area (Å²) in [6.07, 6.45) is 3.42. The third kappa shape index (κ3) is 5.57. The number of carbonyl (C=O) groups is 1. The molecule has 1 atom stereocenters. The second-order valence-electron chi connectivity index (χ2n) is 8.11. The molecule has 29 heavy (non-hydrogen) atoms. The maximum Gasteiger partial charge on any atom is 0.253 e. The fourth-order valence-electron chi connectivity index (χ4n) is 3.82. The largest absolute Gasteiger partial charge is 0.355 e. The van der Waals surface area contributed by atoms with Crippen LogP contribution in [-0.2, 0) is 0 Å². The summed E-state index contributed by atoms with van der Waals surface area (Å²) in [4.78, 5) is 14.6. The van der Waals surface area contributed by atoms with E-state index in [9.17, 15) is 4.79 Å². The van der Waals surface area contributed by atoms with E-state index in [0.717, 1.165) is 37.2 Å². The Labute approximate surface area is 179 Å². The van der Waals surface area contributed by atoms with Crippen molar-refractivity contribution >= 4 is 28.9 Å². The summed E-state index contributed by atoms with van der Waals surface area (Å²) < 4.78 is 0. The molecule has 4 nitrogen and oxygen atoms in total. The van der Waals surface area contributed by atoms with Gasteiger partial charge in [-0.05, 0) is 79.7 Å². The van der Waals surface area contributed by atoms with Crippen molar-refractivity contribution in [3.8, 4) is 0 Å². The highest BCUT2D eigenvalue weighted by atomic mass is 32.1. The normalized spacial score (nSPS) is 15.1. The fraction of sp³-hybridized carbons (Fsp3) is 0.417. The number of likely N-dealkylation sites (tertiary alicyclic amines) is 1. The van der Waals surface area contributed by atoms with Crippen LogP contribution >= 0.6 is 12.2 Å². The summed E-state index contributed by atoms with van der Waals surface area (Å²) in [6, 6.07) is 16.1. The van der Waals surface area contributed by atoms with Gasteiger partial charge >= 0.3 is 0 Å². The van der Waals surface area contributed by atoms with E-state index in [0.29, 0.717) is 11.0 Å². The van der Waals surface area contributed by atoms with E-state index in [2.05, 4.69) is 55.7 Å². The second kappa shape index (κ2) is 9.88. The zero-order valence-corrected chi connectivity index (χ0v) is 18.4. The minimum atomic E-state index is 0.122. The zero-order chi connectivity index (χ0) is 20.8. The van der Waals surface area contributed by atoms with Gasteiger partial charge < -0.3 is 15.5 Å². The van der Waals surface area contributed by atoms with Crippen molar-refractivity contribution < 1.29 is 4.79 Å². The average Bonchev–Trinajstić information content (AvgIpc) is 2.73. The van der Waals surface area contributed by atoms with Crippen molar-refractivity contribution in [2.75, 3.05) is 18.4 Å². The third-order valence-corrected chi connectivity index (χ3v) is 5.73. The van der Waals surface area contributed by atoms with E-state index in [1.165, 1.54) is 17.5 Å². The number of benzene rings is 2. The number of rotatable bonds is 5. The van der Waals surface area contributed by atoms with E-state index in [1.54, 1.807) is 0 Å². The van der Waals surface area contributed by atoms with E-state index >= 15 is 0 Å². The number of carbonyl (C=O) groups excluding carboxylic acids is 1. The number of anilines is 1. The van der Waals surface area contributed by atoms with Gasteiger partial charge in [-0.2, -0.15) is 0 Å². The molecule has 5 heteroatoms. The molecule has 0 aromatic heterocycles. The lowest BCUT2D eigenvalue weighted by Gasteiger charge is -2.27. The molecule has 2 N–H and O–H groups in total. The Morgan fingerprint density at radius 3 is 2.28 bits per heavy atom. The van der Waals surface area contributed by atoms with Gasteiger partial charge in [0, 0.05) is 24.3 Å². The first kappa shape index (κ1) is 21.3. The standard InChI is InChI=1S/C24H31N3OS/c1-17(2)22(21-10-6-5-9-18(21)3)26-24(29)25-20-13-11-19(12-14-20)23(28)27-15-7-4-8-16-27/h5-6,9-14,17,22H,4,7-8,15-16H2,1-3H3,(H2,25,26,29)/t22-/m1/s1. The first-order valence-corrected chi connectivity index (χ1v) is 10.9. The van der Waals surface area contributed by atoms with Gasteiger partial charge in [-0.3, -0.25) is 4.79 Å². The van der Waals surface area contributed by atoms with Gasteiger partial charge in [0.1, 0.15) is 0 Å². The van der Waals surface area contributed by atoms with Crippen LogP contribution < -0.4 is 10.6 Å². The minimum Gasteiger partial charge on any atom is -0.355 e.